The zero-order valence-electron chi connectivity index (χ0n) is 16.6. The molecule has 1 aliphatic rings. The smallest absolute Gasteiger partial charge is 0.227 e. The van der Waals surface area contributed by atoms with Gasteiger partial charge in [-0.25, -0.2) is 4.98 Å². The fourth-order valence-electron chi connectivity index (χ4n) is 4.09. The largest absolute Gasteiger partial charge is 0.327 e. The number of fused-ring (bicyclic) bond motifs is 1. The van der Waals surface area contributed by atoms with E-state index in [0.29, 0.717) is 18.9 Å². The minimum Gasteiger partial charge on any atom is -0.327 e. The van der Waals surface area contributed by atoms with Crippen LogP contribution >= 0.6 is 0 Å². The fourth-order valence-corrected chi connectivity index (χ4v) is 4.09. The van der Waals surface area contributed by atoms with Crippen LogP contribution in [-0.4, -0.2) is 22.0 Å². The molecular weight excluding hydrogens is 334 g/mol. The van der Waals surface area contributed by atoms with Crippen LogP contribution in [0.1, 0.15) is 43.1 Å². The molecule has 0 saturated carbocycles. The number of carbonyl (C=O) groups is 1. The molecule has 1 atom stereocenters. The molecule has 1 saturated heterocycles. The zero-order chi connectivity index (χ0) is 19.1. The van der Waals surface area contributed by atoms with Gasteiger partial charge in [0, 0.05) is 31.1 Å². The summed E-state index contributed by atoms with van der Waals surface area (Å²) in [4.78, 5) is 19.7. The van der Waals surface area contributed by atoms with Gasteiger partial charge in [0.15, 0.2) is 0 Å². The van der Waals surface area contributed by atoms with E-state index in [9.17, 15) is 4.79 Å². The molecule has 0 aliphatic carbocycles. The molecule has 4 nitrogen and oxygen atoms in total. The molecule has 1 aromatic heterocycles. The van der Waals surface area contributed by atoms with E-state index in [1.807, 2.05) is 11.0 Å². The average Bonchev–Trinajstić information content (AvgIpc) is 3.18. The molecule has 0 unspecified atom stereocenters. The van der Waals surface area contributed by atoms with Gasteiger partial charge in [-0.2, -0.15) is 0 Å². The third kappa shape index (κ3) is 3.25. The number of aromatic nitrogens is 2. The topological polar surface area (TPSA) is 38.1 Å². The number of imidazole rings is 1. The molecule has 140 valence electrons. The molecule has 1 aliphatic heterocycles. The van der Waals surface area contributed by atoms with E-state index >= 15 is 0 Å². The van der Waals surface area contributed by atoms with Gasteiger partial charge in [0.05, 0.1) is 11.0 Å². The van der Waals surface area contributed by atoms with Gasteiger partial charge in [0.1, 0.15) is 5.82 Å². The molecule has 4 rings (SSSR count). The van der Waals surface area contributed by atoms with Crippen molar-refractivity contribution in [3.63, 3.8) is 0 Å². The number of benzene rings is 2. The third-order valence-corrected chi connectivity index (χ3v) is 5.38. The first kappa shape index (κ1) is 17.8. The van der Waals surface area contributed by atoms with Crippen LogP contribution in [0.25, 0.3) is 11.0 Å². The Kier molecular flexibility index (Phi) is 4.50. The first-order chi connectivity index (χ1) is 12.9. The summed E-state index contributed by atoms with van der Waals surface area (Å²) >= 11 is 0. The monoisotopic (exact) mass is 361 g/mol. The molecular formula is C23H27N3O. The van der Waals surface area contributed by atoms with E-state index in [0.717, 1.165) is 29.1 Å². The molecule has 3 aromatic rings. The maximum absolute atomic E-state index is 12.9. The van der Waals surface area contributed by atoms with Crippen molar-refractivity contribution < 1.29 is 4.79 Å². The molecule has 2 aromatic carbocycles. The number of hydrogen-bond donors (Lipinski definition) is 0. The summed E-state index contributed by atoms with van der Waals surface area (Å²) in [7, 11) is 0. The Balaban J connectivity index is 1.73. The van der Waals surface area contributed by atoms with Crippen LogP contribution in [-0.2, 0) is 11.3 Å². The molecule has 1 amide bonds. The summed E-state index contributed by atoms with van der Waals surface area (Å²) in [5.41, 5.74) is 5.54. The molecule has 4 heteroatoms. The maximum Gasteiger partial charge on any atom is 0.227 e. The Morgan fingerprint density at radius 2 is 1.93 bits per heavy atom. The van der Waals surface area contributed by atoms with Crippen molar-refractivity contribution in [1.82, 2.24) is 9.55 Å². The predicted molar refractivity (Wildman–Crippen MR) is 110 cm³/mol. The molecule has 1 fully saturated rings. The second-order valence-electron chi connectivity index (χ2n) is 8.16. The first-order valence-corrected chi connectivity index (χ1v) is 9.77. The van der Waals surface area contributed by atoms with E-state index < -0.39 is 0 Å². The van der Waals surface area contributed by atoms with Crippen LogP contribution in [0, 0.1) is 19.8 Å². The summed E-state index contributed by atoms with van der Waals surface area (Å²) < 4.78 is 2.32. The van der Waals surface area contributed by atoms with Crippen LogP contribution in [0.3, 0.4) is 0 Å². The summed E-state index contributed by atoms with van der Waals surface area (Å²) in [5, 5.41) is 0. The highest BCUT2D eigenvalue weighted by Crippen LogP contribution is 2.35. The van der Waals surface area contributed by atoms with E-state index in [1.54, 1.807) is 0 Å². The summed E-state index contributed by atoms with van der Waals surface area (Å²) in [5.74, 6) is 1.89. The number of aryl methyl sites for hydroxylation is 2. The van der Waals surface area contributed by atoms with Crippen LogP contribution < -0.4 is 4.90 Å². The number of anilines is 1. The summed E-state index contributed by atoms with van der Waals surface area (Å²) in [6.07, 6.45) is 0.523. The van der Waals surface area contributed by atoms with Crippen molar-refractivity contribution >= 4 is 22.6 Å². The fraction of sp³-hybridized carbons (Fsp3) is 0.391. The lowest BCUT2D eigenvalue weighted by atomic mass is 10.1. The normalized spacial score (nSPS) is 17.4. The van der Waals surface area contributed by atoms with Gasteiger partial charge in [0.25, 0.3) is 0 Å². The quantitative estimate of drug-likeness (QED) is 0.667. The van der Waals surface area contributed by atoms with Crippen molar-refractivity contribution in [3.8, 4) is 0 Å². The molecule has 0 radical (unpaired) electrons. The Bertz CT molecular complexity index is 1000. The number of rotatable bonds is 4. The van der Waals surface area contributed by atoms with Crippen molar-refractivity contribution in [1.29, 1.82) is 0 Å². The van der Waals surface area contributed by atoms with Crippen molar-refractivity contribution in [3.05, 3.63) is 59.4 Å². The minimum atomic E-state index is 0.128. The predicted octanol–water partition coefficient (Wildman–Crippen LogP) is 4.83. The van der Waals surface area contributed by atoms with Crippen molar-refractivity contribution in [2.24, 2.45) is 5.92 Å². The second-order valence-corrected chi connectivity index (χ2v) is 8.16. The van der Waals surface area contributed by atoms with Crippen LogP contribution in [0.15, 0.2) is 42.5 Å². The van der Waals surface area contributed by atoms with E-state index in [1.165, 1.54) is 11.1 Å². The highest BCUT2D eigenvalue weighted by molar-refractivity contribution is 5.97. The van der Waals surface area contributed by atoms with Gasteiger partial charge in [-0.15, -0.1) is 0 Å². The van der Waals surface area contributed by atoms with Crippen molar-refractivity contribution in [2.75, 3.05) is 11.4 Å². The molecule has 0 N–H and O–H groups in total. The standard InChI is InChI=1S/C23H27N3O/c1-15(2)13-26-20-8-6-5-7-19(20)24-23(26)18-12-22(27)25(14-18)21-11-16(3)9-10-17(21)4/h5-11,15,18H,12-14H2,1-4H3/t18-/m1/s1. The Hall–Kier alpha value is -2.62. The first-order valence-electron chi connectivity index (χ1n) is 9.77. The van der Waals surface area contributed by atoms with Crippen LogP contribution in [0.5, 0.6) is 0 Å². The maximum atomic E-state index is 12.9. The highest BCUT2D eigenvalue weighted by Gasteiger charge is 2.35. The van der Waals surface area contributed by atoms with Gasteiger partial charge in [-0.3, -0.25) is 4.79 Å². The Labute approximate surface area is 160 Å². The lowest BCUT2D eigenvalue weighted by molar-refractivity contribution is -0.117. The zero-order valence-corrected chi connectivity index (χ0v) is 16.6. The molecule has 2 heterocycles. The van der Waals surface area contributed by atoms with Gasteiger partial charge in [-0.1, -0.05) is 38.1 Å². The summed E-state index contributed by atoms with van der Waals surface area (Å²) in [6.45, 7) is 10.2. The van der Waals surface area contributed by atoms with Gasteiger partial charge in [-0.05, 0) is 49.1 Å². The van der Waals surface area contributed by atoms with Gasteiger partial charge >= 0.3 is 0 Å². The van der Waals surface area contributed by atoms with Crippen LogP contribution in [0.4, 0.5) is 5.69 Å². The minimum absolute atomic E-state index is 0.128. The SMILES string of the molecule is Cc1ccc(C)c(N2C[C@H](c3nc4ccccc4n3CC(C)C)CC2=O)c1. The number of carbonyl (C=O) groups excluding carboxylic acids is 1. The average molecular weight is 361 g/mol. The molecule has 0 spiro atoms. The van der Waals surface area contributed by atoms with E-state index in [4.69, 9.17) is 4.98 Å². The Morgan fingerprint density at radius 3 is 2.70 bits per heavy atom. The van der Waals surface area contributed by atoms with Gasteiger partial charge in [0.2, 0.25) is 5.91 Å². The van der Waals surface area contributed by atoms with Crippen molar-refractivity contribution in [2.45, 2.75) is 46.6 Å². The Morgan fingerprint density at radius 1 is 1.15 bits per heavy atom. The van der Waals surface area contributed by atoms with E-state index in [2.05, 4.69) is 68.7 Å². The lowest BCUT2D eigenvalue weighted by Crippen LogP contribution is -2.25. The highest BCUT2D eigenvalue weighted by atomic mass is 16.2. The summed E-state index contributed by atoms with van der Waals surface area (Å²) in [6, 6.07) is 14.6. The second kappa shape index (κ2) is 6.84. The third-order valence-electron chi connectivity index (χ3n) is 5.38. The number of nitrogens with zero attached hydrogens (tertiary/aromatic N) is 3. The van der Waals surface area contributed by atoms with Gasteiger partial charge < -0.3 is 9.47 Å². The number of para-hydroxylation sites is 2. The number of hydrogen-bond acceptors (Lipinski definition) is 2. The lowest BCUT2D eigenvalue weighted by Gasteiger charge is -2.20. The van der Waals surface area contributed by atoms with Crippen LogP contribution in [0.2, 0.25) is 0 Å². The number of amides is 1. The molecule has 27 heavy (non-hydrogen) atoms. The molecule has 0 bridgehead atoms. The van der Waals surface area contributed by atoms with E-state index in [-0.39, 0.29) is 11.8 Å².